The van der Waals surface area contributed by atoms with Gasteiger partial charge in [-0.05, 0) is 50.5 Å². The van der Waals surface area contributed by atoms with Gasteiger partial charge in [0.15, 0.2) is 0 Å². The highest BCUT2D eigenvalue weighted by Gasteiger charge is 2.10. The number of rotatable bonds is 0. The molecule has 0 amide bonds. The maximum atomic E-state index is 6.24. The van der Waals surface area contributed by atoms with Gasteiger partial charge in [0.2, 0.25) is 0 Å². The molecule has 0 aliphatic carbocycles. The van der Waals surface area contributed by atoms with Gasteiger partial charge >= 0.3 is 0 Å². The Bertz CT molecular complexity index is 876. The van der Waals surface area contributed by atoms with Gasteiger partial charge in [0.05, 0.1) is 52.9 Å². The fraction of sp³-hybridized carbons (Fsp3) is 0.571. The van der Waals surface area contributed by atoms with Crippen molar-refractivity contribution in [2.75, 3.05) is 93.3 Å². The Morgan fingerprint density at radius 2 is 0.895 bits per heavy atom. The molecule has 0 aromatic heterocycles. The van der Waals surface area contributed by atoms with Crippen LogP contribution in [0.4, 0.5) is 0 Å². The molecule has 0 saturated heterocycles. The predicted molar refractivity (Wildman–Crippen MR) is 150 cm³/mol. The topological polar surface area (TPSA) is 61.9 Å². The highest BCUT2D eigenvalue weighted by Crippen LogP contribution is 2.25. The minimum absolute atomic E-state index is 0.443. The van der Waals surface area contributed by atoms with E-state index in [1.54, 1.807) is 0 Å². The van der Waals surface area contributed by atoms with E-state index in [0.29, 0.717) is 89.2 Å². The summed E-state index contributed by atoms with van der Waals surface area (Å²) in [4.78, 5) is 4.36. The van der Waals surface area contributed by atoms with Crippen LogP contribution >= 0.6 is 23.2 Å². The van der Waals surface area contributed by atoms with Gasteiger partial charge in [-0.15, -0.1) is 0 Å². The van der Waals surface area contributed by atoms with Crippen LogP contribution in [0.5, 0.6) is 11.5 Å². The van der Waals surface area contributed by atoms with Gasteiger partial charge in [-0.3, -0.25) is 9.80 Å². The van der Waals surface area contributed by atoms with Crippen LogP contribution in [0.25, 0.3) is 0 Å². The first kappa shape index (κ1) is 30.9. The first-order valence-corrected chi connectivity index (χ1v) is 13.8. The third-order valence-electron chi connectivity index (χ3n) is 5.87. The lowest BCUT2D eigenvalue weighted by Gasteiger charge is -2.20. The van der Waals surface area contributed by atoms with Crippen molar-refractivity contribution >= 4 is 23.2 Å². The van der Waals surface area contributed by atoms with Crippen LogP contribution in [0.15, 0.2) is 36.4 Å². The van der Waals surface area contributed by atoms with E-state index in [4.69, 9.17) is 51.6 Å². The molecular formula is C28H40Cl2N2O6. The number of hydrogen-bond donors (Lipinski definition) is 0. The normalized spacial score (nSPS) is 19.5. The summed E-state index contributed by atoms with van der Waals surface area (Å²) in [5.41, 5.74) is 2.06. The average molecular weight is 572 g/mol. The number of fused-ring (bicyclic) bond motifs is 2. The van der Waals surface area contributed by atoms with E-state index in [1.165, 1.54) is 0 Å². The van der Waals surface area contributed by atoms with Gasteiger partial charge in [0.1, 0.15) is 24.7 Å². The standard InChI is InChI=1S/C28H40Cl2N2O6/c1-31-7-9-33-11-12-34-10-8-32(2)22-24-20-26(30)4-6-28(24)38-18-16-36-14-13-35-15-17-37-27-5-3-25(29)19-23(27)21-31/h3-6,19-20H,7-18,21-22H2,1-2H3. The third-order valence-corrected chi connectivity index (χ3v) is 6.34. The van der Waals surface area contributed by atoms with Gasteiger partial charge in [0.25, 0.3) is 0 Å². The SMILES string of the molecule is CN1CCOCCOCCN(C)Cc2cc(Cl)ccc2OCCOCCOCCOc2ccc(Cl)cc2C1. The molecule has 0 spiro atoms. The van der Waals surface area contributed by atoms with Crippen molar-refractivity contribution in [3.63, 3.8) is 0 Å². The van der Waals surface area contributed by atoms with Crippen LogP contribution in [-0.2, 0) is 32.0 Å². The quantitative estimate of drug-likeness (QED) is 0.462. The van der Waals surface area contributed by atoms with Crippen molar-refractivity contribution in [1.29, 1.82) is 0 Å². The van der Waals surface area contributed by atoms with E-state index in [1.807, 2.05) is 36.4 Å². The second-order valence-corrected chi connectivity index (χ2v) is 10.00. The zero-order valence-electron chi connectivity index (χ0n) is 22.5. The van der Waals surface area contributed by atoms with Crippen LogP contribution in [0.2, 0.25) is 10.0 Å². The van der Waals surface area contributed by atoms with E-state index in [-0.39, 0.29) is 0 Å². The third kappa shape index (κ3) is 12.1. The molecule has 38 heavy (non-hydrogen) atoms. The van der Waals surface area contributed by atoms with E-state index < -0.39 is 0 Å². The Labute approximate surface area is 236 Å². The number of likely N-dealkylation sites (N-methyl/N-ethyl adjacent to an activating group) is 2. The molecule has 1 heterocycles. The summed E-state index contributed by atoms with van der Waals surface area (Å²) < 4.78 is 34.8. The zero-order chi connectivity index (χ0) is 27.0. The fourth-order valence-electron chi connectivity index (χ4n) is 3.87. The van der Waals surface area contributed by atoms with Gasteiger partial charge < -0.3 is 28.4 Å². The van der Waals surface area contributed by atoms with Gasteiger partial charge in [-0.1, -0.05) is 23.2 Å². The monoisotopic (exact) mass is 570 g/mol. The molecule has 0 saturated carbocycles. The molecule has 0 atom stereocenters. The summed E-state index contributed by atoms with van der Waals surface area (Å²) in [6.07, 6.45) is 0. The largest absolute Gasteiger partial charge is 0.491 e. The molecule has 212 valence electrons. The van der Waals surface area contributed by atoms with E-state index in [0.717, 1.165) is 35.7 Å². The second-order valence-electron chi connectivity index (χ2n) is 9.13. The molecule has 3 rings (SSSR count). The summed E-state index contributed by atoms with van der Waals surface area (Å²) in [6, 6.07) is 11.4. The summed E-state index contributed by atoms with van der Waals surface area (Å²) >= 11 is 12.5. The summed E-state index contributed by atoms with van der Waals surface area (Å²) in [5, 5.41) is 1.37. The van der Waals surface area contributed by atoms with Crippen molar-refractivity contribution in [2.45, 2.75) is 13.1 Å². The molecule has 8 nitrogen and oxygen atoms in total. The lowest BCUT2D eigenvalue weighted by atomic mass is 10.2. The fourth-order valence-corrected chi connectivity index (χ4v) is 4.26. The summed E-state index contributed by atoms with van der Waals surface area (Å²) in [7, 11) is 4.10. The number of ether oxygens (including phenoxy) is 6. The minimum atomic E-state index is 0.443. The Morgan fingerprint density at radius 1 is 0.526 bits per heavy atom. The minimum Gasteiger partial charge on any atom is -0.491 e. The Hall–Kier alpha value is -1.62. The molecule has 1 aliphatic rings. The van der Waals surface area contributed by atoms with Crippen LogP contribution in [0.3, 0.4) is 0 Å². The van der Waals surface area contributed by atoms with Crippen molar-refractivity contribution < 1.29 is 28.4 Å². The molecule has 0 fully saturated rings. The zero-order valence-corrected chi connectivity index (χ0v) is 24.0. The number of halogens is 2. The number of nitrogens with zero attached hydrogens (tertiary/aromatic N) is 2. The Kier molecular flexibility index (Phi) is 14.5. The summed E-state index contributed by atoms with van der Waals surface area (Å²) in [5.74, 6) is 1.61. The molecule has 2 aromatic carbocycles. The molecule has 0 bridgehead atoms. The first-order valence-electron chi connectivity index (χ1n) is 13.0. The van der Waals surface area contributed by atoms with Crippen LogP contribution in [-0.4, -0.2) is 103 Å². The van der Waals surface area contributed by atoms with E-state index in [9.17, 15) is 0 Å². The lowest BCUT2D eigenvalue weighted by Crippen LogP contribution is -2.25. The smallest absolute Gasteiger partial charge is 0.124 e. The Morgan fingerprint density at radius 3 is 1.32 bits per heavy atom. The predicted octanol–water partition coefficient (Wildman–Crippen LogP) is 4.39. The van der Waals surface area contributed by atoms with Crippen LogP contribution < -0.4 is 9.47 Å². The van der Waals surface area contributed by atoms with Gasteiger partial charge in [-0.2, -0.15) is 0 Å². The molecule has 2 aromatic rings. The van der Waals surface area contributed by atoms with Crippen molar-refractivity contribution in [1.82, 2.24) is 9.80 Å². The highest BCUT2D eigenvalue weighted by molar-refractivity contribution is 6.31. The maximum absolute atomic E-state index is 6.24. The first-order chi connectivity index (χ1) is 18.5. The van der Waals surface area contributed by atoms with Crippen LogP contribution in [0.1, 0.15) is 11.1 Å². The molecule has 0 N–H and O–H groups in total. The van der Waals surface area contributed by atoms with Gasteiger partial charge in [-0.25, -0.2) is 0 Å². The van der Waals surface area contributed by atoms with Crippen LogP contribution in [0, 0.1) is 0 Å². The number of hydrogen-bond acceptors (Lipinski definition) is 8. The van der Waals surface area contributed by atoms with Crippen molar-refractivity contribution in [2.24, 2.45) is 0 Å². The Balaban J connectivity index is 1.52. The van der Waals surface area contributed by atoms with E-state index in [2.05, 4.69) is 23.9 Å². The molecule has 0 radical (unpaired) electrons. The van der Waals surface area contributed by atoms with E-state index >= 15 is 0 Å². The molecule has 10 heteroatoms. The van der Waals surface area contributed by atoms with Crippen molar-refractivity contribution in [3.8, 4) is 11.5 Å². The molecule has 0 unspecified atom stereocenters. The lowest BCUT2D eigenvalue weighted by molar-refractivity contribution is 0.0266. The van der Waals surface area contributed by atoms with Crippen molar-refractivity contribution in [3.05, 3.63) is 57.6 Å². The van der Waals surface area contributed by atoms with Gasteiger partial charge in [0, 0.05) is 47.4 Å². The average Bonchev–Trinajstić information content (AvgIpc) is 2.88. The molecule has 1 aliphatic heterocycles. The summed E-state index contributed by atoms with van der Waals surface area (Å²) in [6.45, 7) is 8.09. The highest BCUT2D eigenvalue weighted by atomic mass is 35.5. The maximum Gasteiger partial charge on any atom is 0.124 e. The second kappa shape index (κ2) is 17.9. The number of benzene rings is 2. The molecular weight excluding hydrogens is 531 g/mol.